The maximum atomic E-state index is 12.2. The first kappa shape index (κ1) is 17.7. The fraction of sp³-hybridized carbons (Fsp3) is 0.562. The first-order valence-electron chi connectivity index (χ1n) is 7.70. The summed E-state index contributed by atoms with van der Waals surface area (Å²) in [5.74, 6) is 0.471. The molecule has 126 valence electrons. The minimum atomic E-state index is -0.0140. The molecular weight excluding hydrogens is 314 g/mol. The van der Waals surface area contributed by atoms with Gasteiger partial charge in [-0.2, -0.15) is 0 Å². The van der Waals surface area contributed by atoms with Crippen LogP contribution in [0.5, 0.6) is 0 Å². The summed E-state index contributed by atoms with van der Waals surface area (Å²) in [6.07, 6.45) is 1.02. The highest BCUT2D eigenvalue weighted by Crippen LogP contribution is 2.36. The summed E-state index contributed by atoms with van der Waals surface area (Å²) in [6.45, 7) is 5.51. The molecule has 7 heteroatoms. The largest absolute Gasteiger partial charge is 0.383 e. The molecule has 1 aliphatic heterocycles. The van der Waals surface area contributed by atoms with Crippen molar-refractivity contribution in [2.24, 2.45) is 0 Å². The molecule has 0 fully saturated rings. The van der Waals surface area contributed by atoms with Crippen LogP contribution in [0.2, 0.25) is 0 Å². The van der Waals surface area contributed by atoms with E-state index in [1.807, 2.05) is 19.9 Å². The van der Waals surface area contributed by atoms with Crippen LogP contribution in [-0.2, 0) is 14.3 Å². The summed E-state index contributed by atoms with van der Waals surface area (Å²) < 4.78 is 4.89. The molecular formula is C16H23N3O3S. The van der Waals surface area contributed by atoms with Gasteiger partial charge in [0.1, 0.15) is 5.03 Å². The van der Waals surface area contributed by atoms with E-state index in [1.165, 1.54) is 11.8 Å². The normalized spacial score (nSPS) is 13.9. The second-order valence-electron chi connectivity index (χ2n) is 5.51. The molecule has 0 unspecified atom stereocenters. The van der Waals surface area contributed by atoms with Crippen molar-refractivity contribution < 1.29 is 14.3 Å². The monoisotopic (exact) mass is 337 g/mol. The molecule has 0 bridgehead atoms. The quantitative estimate of drug-likeness (QED) is 0.767. The number of amides is 2. The standard InChI is InChI=1S/C16H23N3O3S/c1-11-9-12(2)18-16-15(11)19(14(21)10-23-16)7-4-5-13(20)17-6-8-22-3/h9H,4-8,10H2,1-3H3,(H,17,20). The Morgan fingerprint density at radius 2 is 2.26 bits per heavy atom. The van der Waals surface area contributed by atoms with Crippen LogP contribution in [0.4, 0.5) is 5.69 Å². The Morgan fingerprint density at radius 3 is 3.00 bits per heavy atom. The number of nitrogens with one attached hydrogen (secondary N) is 1. The fourth-order valence-electron chi connectivity index (χ4n) is 2.57. The van der Waals surface area contributed by atoms with Gasteiger partial charge in [-0.1, -0.05) is 11.8 Å². The highest BCUT2D eigenvalue weighted by molar-refractivity contribution is 8.00. The predicted octanol–water partition coefficient (Wildman–Crippen LogP) is 1.68. The Balaban J connectivity index is 1.96. The van der Waals surface area contributed by atoms with Gasteiger partial charge in [-0.05, 0) is 31.9 Å². The van der Waals surface area contributed by atoms with Gasteiger partial charge in [0.15, 0.2) is 0 Å². The number of hydrogen-bond acceptors (Lipinski definition) is 5. The lowest BCUT2D eigenvalue weighted by Gasteiger charge is -2.30. The van der Waals surface area contributed by atoms with Crippen LogP contribution in [0.3, 0.4) is 0 Å². The molecule has 0 radical (unpaired) electrons. The van der Waals surface area contributed by atoms with Crippen LogP contribution >= 0.6 is 11.8 Å². The second kappa shape index (κ2) is 8.31. The van der Waals surface area contributed by atoms with Gasteiger partial charge in [0, 0.05) is 32.3 Å². The van der Waals surface area contributed by atoms with E-state index in [4.69, 9.17) is 4.74 Å². The van der Waals surface area contributed by atoms with Crippen molar-refractivity contribution >= 4 is 29.3 Å². The average molecular weight is 337 g/mol. The van der Waals surface area contributed by atoms with Crippen LogP contribution in [-0.4, -0.2) is 49.4 Å². The third-order valence-corrected chi connectivity index (χ3v) is 4.55. The van der Waals surface area contributed by atoms with Gasteiger partial charge in [-0.15, -0.1) is 0 Å². The van der Waals surface area contributed by atoms with Crippen molar-refractivity contribution in [2.45, 2.75) is 31.7 Å². The van der Waals surface area contributed by atoms with Crippen LogP contribution in [0.15, 0.2) is 11.1 Å². The van der Waals surface area contributed by atoms with Crippen LogP contribution < -0.4 is 10.2 Å². The summed E-state index contributed by atoms with van der Waals surface area (Å²) in [6, 6.07) is 1.99. The number of hydrogen-bond donors (Lipinski definition) is 1. The number of aryl methyl sites for hydroxylation is 2. The highest BCUT2D eigenvalue weighted by atomic mass is 32.2. The Bertz CT molecular complexity index is 592. The Hall–Kier alpha value is -1.60. The van der Waals surface area contributed by atoms with E-state index in [2.05, 4.69) is 10.3 Å². The number of methoxy groups -OCH3 is 1. The molecule has 1 aromatic heterocycles. The maximum Gasteiger partial charge on any atom is 0.237 e. The minimum Gasteiger partial charge on any atom is -0.383 e. The molecule has 0 aromatic carbocycles. The number of fused-ring (bicyclic) bond motifs is 1. The number of carbonyl (C=O) groups excluding carboxylic acids is 2. The van der Waals surface area contributed by atoms with E-state index < -0.39 is 0 Å². The van der Waals surface area contributed by atoms with E-state index in [0.717, 1.165) is 22.0 Å². The number of rotatable bonds is 7. The van der Waals surface area contributed by atoms with E-state index >= 15 is 0 Å². The molecule has 23 heavy (non-hydrogen) atoms. The number of thioether (sulfide) groups is 1. The number of anilines is 1. The van der Waals surface area contributed by atoms with Crippen molar-refractivity contribution in [3.05, 3.63) is 17.3 Å². The third-order valence-electron chi connectivity index (χ3n) is 3.60. The van der Waals surface area contributed by atoms with Gasteiger partial charge < -0.3 is 15.0 Å². The smallest absolute Gasteiger partial charge is 0.237 e. The maximum absolute atomic E-state index is 12.2. The molecule has 0 saturated carbocycles. The predicted molar refractivity (Wildman–Crippen MR) is 90.9 cm³/mol. The van der Waals surface area contributed by atoms with Crippen molar-refractivity contribution in [1.82, 2.24) is 10.3 Å². The molecule has 0 atom stereocenters. The van der Waals surface area contributed by atoms with Crippen molar-refractivity contribution in [1.29, 1.82) is 0 Å². The summed E-state index contributed by atoms with van der Waals surface area (Å²) in [4.78, 5) is 30.3. The van der Waals surface area contributed by atoms with Gasteiger partial charge in [0.25, 0.3) is 0 Å². The molecule has 2 amide bonds. The Kier molecular flexibility index (Phi) is 6.41. The van der Waals surface area contributed by atoms with E-state index in [0.29, 0.717) is 38.3 Å². The Morgan fingerprint density at radius 1 is 1.48 bits per heavy atom. The summed E-state index contributed by atoms with van der Waals surface area (Å²) in [5.41, 5.74) is 2.91. The van der Waals surface area contributed by atoms with Crippen molar-refractivity contribution in [3.8, 4) is 0 Å². The Labute approximate surface area is 141 Å². The van der Waals surface area contributed by atoms with Crippen LogP contribution in [0.1, 0.15) is 24.1 Å². The summed E-state index contributed by atoms with van der Waals surface area (Å²) in [7, 11) is 1.60. The zero-order valence-corrected chi connectivity index (χ0v) is 14.7. The molecule has 1 aromatic rings. The van der Waals surface area contributed by atoms with Gasteiger partial charge in [0.05, 0.1) is 18.0 Å². The first-order chi connectivity index (χ1) is 11.0. The van der Waals surface area contributed by atoms with Crippen LogP contribution in [0.25, 0.3) is 0 Å². The number of ether oxygens (including phenoxy) is 1. The number of nitrogens with zero attached hydrogens (tertiary/aromatic N) is 2. The average Bonchev–Trinajstić information content (AvgIpc) is 2.49. The van der Waals surface area contributed by atoms with Crippen molar-refractivity contribution in [3.63, 3.8) is 0 Å². The molecule has 0 spiro atoms. The van der Waals surface area contributed by atoms with Crippen LogP contribution in [0, 0.1) is 13.8 Å². The lowest BCUT2D eigenvalue weighted by atomic mass is 10.1. The molecule has 1 aliphatic rings. The zero-order chi connectivity index (χ0) is 16.8. The van der Waals surface area contributed by atoms with E-state index in [9.17, 15) is 9.59 Å². The van der Waals surface area contributed by atoms with E-state index in [-0.39, 0.29) is 11.8 Å². The van der Waals surface area contributed by atoms with Gasteiger partial charge >= 0.3 is 0 Å². The van der Waals surface area contributed by atoms with Gasteiger partial charge in [0.2, 0.25) is 11.8 Å². The van der Waals surface area contributed by atoms with Gasteiger partial charge in [-0.3, -0.25) is 9.59 Å². The van der Waals surface area contributed by atoms with E-state index in [1.54, 1.807) is 12.0 Å². The summed E-state index contributed by atoms with van der Waals surface area (Å²) >= 11 is 1.49. The lowest BCUT2D eigenvalue weighted by Crippen LogP contribution is -2.37. The molecule has 6 nitrogen and oxygen atoms in total. The molecule has 0 aliphatic carbocycles. The molecule has 0 saturated heterocycles. The number of aromatic nitrogens is 1. The fourth-order valence-corrected chi connectivity index (χ4v) is 3.61. The zero-order valence-electron chi connectivity index (χ0n) is 13.8. The first-order valence-corrected chi connectivity index (χ1v) is 8.68. The topological polar surface area (TPSA) is 71.5 Å². The third kappa shape index (κ3) is 4.68. The summed E-state index contributed by atoms with van der Waals surface area (Å²) in [5, 5.41) is 3.70. The second-order valence-corrected chi connectivity index (χ2v) is 6.48. The number of pyridine rings is 1. The van der Waals surface area contributed by atoms with Crippen molar-refractivity contribution in [2.75, 3.05) is 37.5 Å². The highest BCUT2D eigenvalue weighted by Gasteiger charge is 2.27. The lowest BCUT2D eigenvalue weighted by molar-refractivity contribution is -0.121. The number of carbonyl (C=O) groups is 2. The minimum absolute atomic E-state index is 0.0140. The SMILES string of the molecule is COCCNC(=O)CCCN1C(=O)CSc2nc(C)cc(C)c21. The van der Waals surface area contributed by atoms with Gasteiger partial charge in [-0.25, -0.2) is 4.98 Å². The molecule has 2 rings (SSSR count). The molecule has 2 heterocycles. The molecule has 1 N–H and O–H groups in total.